The molecule has 1 rings (SSSR count). The fourth-order valence-electron chi connectivity index (χ4n) is 1.55. The summed E-state index contributed by atoms with van der Waals surface area (Å²) in [4.78, 5) is 4.37. The summed E-state index contributed by atoms with van der Waals surface area (Å²) in [6, 6.07) is 0. The Kier molecular flexibility index (Phi) is 5.02. The molecule has 0 fully saturated rings. The fourth-order valence-corrected chi connectivity index (χ4v) is 1.98. The summed E-state index contributed by atoms with van der Waals surface area (Å²) >= 11 is 1.87. The Morgan fingerprint density at radius 2 is 2.27 bits per heavy atom. The minimum absolute atomic E-state index is 0.612. The number of thioether (sulfide) groups is 1. The van der Waals surface area contributed by atoms with Crippen molar-refractivity contribution in [3.05, 3.63) is 12.0 Å². The van der Waals surface area contributed by atoms with Gasteiger partial charge in [-0.1, -0.05) is 13.8 Å². The van der Waals surface area contributed by atoms with E-state index in [-0.39, 0.29) is 0 Å². The molecule has 86 valence electrons. The quantitative estimate of drug-likeness (QED) is 0.759. The van der Waals surface area contributed by atoms with Gasteiger partial charge in [0.2, 0.25) is 0 Å². The van der Waals surface area contributed by atoms with E-state index < -0.39 is 0 Å². The van der Waals surface area contributed by atoms with Crippen LogP contribution in [0.2, 0.25) is 0 Å². The molecule has 0 aliphatic heterocycles. The molecular formula is C11H21N3S. The maximum atomic E-state index is 6.03. The molecule has 1 heterocycles. The molecule has 0 aromatic carbocycles. The van der Waals surface area contributed by atoms with Gasteiger partial charge in [-0.15, -0.1) is 0 Å². The van der Waals surface area contributed by atoms with E-state index in [0.717, 1.165) is 30.9 Å². The predicted molar refractivity (Wildman–Crippen MR) is 68.2 cm³/mol. The molecule has 0 bridgehead atoms. The van der Waals surface area contributed by atoms with Gasteiger partial charge in [-0.3, -0.25) is 0 Å². The highest BCUT2D eigenvalue weighted by molar-refractivity contribution is 7.98. The van der Waals surface area contributed by atoms with E-state index in [9.17, 15) is 0 Å². The van der Waals surface area contributed by atoms with E-state index in [1.54, 1.807) is 0 Å². The molecule has 1 aromatic heterocycles. The number of hydrogen-bond acceptors (Lipinski definition) is 3. The second kappa shape index (κ2) is 6.05. The van der Waals surface area contributed by atoms with E-state index >= 15 is 0 Å². The Labute approximate surface area is 96.5 Å². The van der Waals surface area contributed by atoms with Crippen molar-refractivity contribution >= 4 is 17.6 Å². The van der Waals surface area contributed by atoms with Crippen LogP contribution in [0.1, 0.15) is 26.0 Å². The molecule has 0 unspecified atom stereocenters. The molecule has 0 amide bonds. The lowest BCUT2D eigenvalue weighted by Crippen LogP contribution is -2.07. The number of aryl methyl sites for hydroxylation is 1. The largest absolute Gasteiger partial charge is 0.384 e. The Bertz CT molecular complexity index is 294. The van der Waals surface area contributed by atoms with Crippen molar-refractivity contribution in [1.29, 1.82) is 0 Å². The van der Waals surface area contributed by atoms with Crippen LogP contribution in [0.4, 0.5) is 5.82 Å². The average Bonchev–Trinajstić information content (AvgIpc) is 2.49. The van der Waals surface area contributed by atoms with E-state index in [2.05, 4.69) is 29.7 Å². The third-order valence-electron chi connectivity index (χ3n) is 2.28. The second-order valence-corrected chi connectivity index (χ2v) is 5.20. The molecule has 2 N–H and O–H groups in total. The summed E-state index contributed by atoms with van der Waals surface area (Å²) in [6.07, 6.45) is 6.15. The van der Waals surface area contributed by atoms with Crippen molar-refractivity contribution < 1.29 is 0 Å². The SMILES string of the molecule is CSCCCc1ncn(CC(C)C)c1N. The molecule has 4 heteroatoms. The number of rotatable bonds is 6. The van der Waals surface area contributed by atoms with Crippen LogP contribution in [0.25, 0.3) is 0 Å². The lowest BCUT2D eigenvalue weighted by atomic mass is 10.2. The van der Waals surface area contributed by atoms with Gasteiger partial charge in [-0.25, -0.2) is 4.98 Å². The van der Waals surface area contributed by atoms with Gasteiger partial charge in [-0.2, -0.15) is 11.8 Å². The van der Waals surface area contributed by atoms with Gasteiger partial charge < -0.3 is 10.3 Å². The first-order chi connectivity index (χ1) is 7.15. The third kappa shape index (κ3) is 3.78. The molecule has 0 spiro atoms. The van der Waals surface area contributed by atoms with Crippen LogP contribution < -0.4 is 5.73 Å². The zero-order chi connectivity index (χ0) is 11.3. The normalized spacial score (nSPS) is 11.2. The van der Waals surface area contributed by atoms with E-state index in [4.69, 9.17) is 5.73 Å². The molecule has 0 aliphatic rings. The minimum atomic E-state index is 0.612. The van der Waals surface area contributed by atoms with Crippen LogP contribution in [-0.4, -0.2) is 21.6 Å². The van der Waals surface area contributed by atoms with Crippen LogP contribution in [0, 0.1) is 5.92 Å². The van der Waals surface area contributed by atoms with Gasteiger partial charge >= 0.3 is 0 Å². The van der Waals surface area contributed by atoms with Gasteiger partial charge in [0.05, 0.1) is 12.0 Å². The monoisotopic (exact) mass is 227 g/mol. The first-order valence-electron chi connectivity index (χ1n) is 5.43. The van der Waals surface area contributed by atoms with Crippen LogP contribution in [0.5, 0.6) is 0 Å². The van der Waals surface area contributed by atoms with Crippen LogP contribution in [0.15, 0.2) is 6.33 Å². The van der Waals surface area contributed by atoms with Crippen LogP contribution in [0.3, 0.4) is 0 Å². The van der Waals surface area contributed by atoms with Gasteiger partial charge in [0.25, 0.3) is 0 Å². The summed E-state index contributed by atoms with van der Waals surface area (Å²) in [5, 5.41) is 0. The number of hydrogen-bond donors (Lipinski definition) is 1. The lowest BCUT2D eigenvalue weighted by molar-refractivity contribution is 0.527. The maximum absolute atomic E-state index is 6.03. The maximum Gasteiger partial charge on any atom is 0.126 e. The van der Waals surface area contributed by atoms with Gasteiger partial charge in [0.1, 0.15) is 5.82 Å². The first kappa shape index (κ1) is 12.4. The van der Waals surface area contributed by atoms with Crippen molar-refractivity contribution in [2.75, 3.05) is 17.7 Å². The fraction of sp³-hybridized carbons (Fsp3) is 0.727. The standard InChI is InChI=1S/C11H21N3S/c1-9(2)7-14-8-13-10(11(14)12)5-4-6-15-3/h8-9H,4-7,12H2,1-3H3. The number of imidazole rings is 1. The molecule has 0 atom stereocenters. The molecule has 0 aliphatic carbocycles. The van der Waals surface area contributed by atoms with Gasteiger partial charge in [0.15, 0.2) is 0 Å². The zero-order valence-electron chi connectivity index (χ0n) is 9.86. The Morgan fingerprint density at radius 3 is 2.87 bits per heavy atom. The smallest absolute Gasteiger partial charge is 0.126 e. The molecular weight excluding hydrogens is 206 g/mol. The third-order valence-corrected chi connectivity index (χ3v) is 2.98. The minimum Gasteiger partial charge on any atom is -0.384 e. The van der Waals surface area contributed by atoms with Crippen molar-refractivity contribution in [3.63, 3.8) is 0 Å². The van der Waals surface area contributed by atoms with Crippen LogP contribution >= 0.6 is 11.8 Å². The number of anilines is 1. The van der Waals surface area contributed by atoms with Crippen molar-refractivity contribution in [2.45, 2.75) is 33.2 Å². The molecule has 0 saturated heterocycles. The topological polar surface area (TPSA) is 43.8 Å². The Morgan fingerprint density at radius 1 is 1.53 bits per heavy atom. The summed E-state index contributed by atoms with van der Waals surface area (Å²) in [6.45, 7) is 5.33. The lowest BCUT2D eigenvalue weighted by Gasteiger charge is -2.08. The van der Waals surface area contributed by atoms with E-state index in [0.29, 0.717) is 5.92 Å². The average molecular weight is 227 g/mol. The highest BCUT2D eigenvalue weighted by Gasteiger charge is 2.07. The van der Waals surface area contributed by atoms with Gasteiger partial charge in [0, 0.05) is 6.54 Å². The summed E-state index contributed by atoms with van der Waals surface area (Å²) < 4.78 is 2.05. The first-order valence-corrected chi connectivity index (χ1v) is 6.83. The second-order valence-electron chi connectivity index (χ2n) is 4.22. The van der Waals surface area contributed by atoms with Crippen molar-refractivity contribution in [2.24, 2.45) is 5.92 Å². The molecule has 3 nitrogen and oxygen atoms in total. The van der Waals surface area contributed by atoms with Gasteiger partial charge in [-0.05, 0) is 30.8 Å². The predicted octanol–water partition coefficient (Wildman–Crippen LogP) is 2.42. The number of nitrogens with two attached hydrogens (primary N) is 1. The molecule has 0 saturated carbocycles. The molecule has 0 radical (unpaired) electrons. The Balaban J connectivity index is 2.55. The van der Waals surface area contributed by atoms with Crippen molar-refractivity contribution in [1.82, 2.24) is 9.55 Å². The number of nitrogen functional groups attached to an aromatic ring is 1. The zero-order valence-corrected chi connectivity index (χ0v) is 10.7. The van der Waals surface area contributed by atoms with Crippen molar-refractivity contribution in [3.8, 4) is 0 Å². The van der Waals surface area contributed by atoms with E-state index in [1.807, 2.05) is 18.1 Å². The van der Waals surface area contributed by atoms with E-state index in [1.165, 1.54) is 5.75 Å². The Hall–Kier alpha value is -0.640. The molecule has 15 heavy (non-hydrogen) atoms. The molecule has 1 aromatic rings. The van der Waals surface area contributed by atoms with Crippen LogP contribution in [-0.2, 0) is 13.0 Å². The highest BCUT2D eigenvalue weighted by Crippen LogP contribution is 2.14. The summed E-state index contributed by atoms with van der Waals surface area (Å²) in [5.74, 6) is 2.64. The highest BCUT2D eigenvalue weighted by atomic mass is 32.2. The number of aromatic nitrogens is 2. The summed E-state index contributed by atoms with van der Waals surface area (Å²) in [7, 11) is 0. The number of nitrogens with zero attached hydrogens (tertiary/aromatic N) is 2. The summed E-state index contributed by atoms with van der Waals surface area (Å²) in [5.41, 5.74) is 7.09.